The summed E-state index contributed by atoms with van der Waals surface area (Å²) >= 11 is 0. The summed E-state index contributed by atoms with van der Waals surface area (Å²) in [5.41, 5.74) is 1.20. The number of methoxy groups -OCH3 is 1. The number of carbonyl (C=O) groups excluding carboxylic acids is 1. The maximum Gasteiger partial charge on any atom is 0.360 e. The second-order valence-electron chi connectivity index (χ2n) is 3.92. The van der Waals surface area contributed by atoms with Gasteiger partial charge in [-0.3, -0.25) is 0 Å². The summed E-state index contributed by atoms with van der Waals surface area (Å²) in [5, 5.41) is 7.95. The number of ether oxygens (including phenoxy) is 2. The molecule has 6 nitrogen and oxygen atoms in total. The van der Waals surface area contributed by atoms with E-state index in [4.69, 9.17) is 9.47 Å². The molecule has 0 aliphatic heterocycles. The van der Waals surface area contributed by atoms with E-state index in [0.717, 1.165) is 25.0 Å². The van der Waals surface area contributed by atoms with E-state index < -0.39 is 0 Å². The molecule has 0 N–H and O–H groups in total. The molecule has 18 heavy (non-hydrogen) atoms. The van der Waals surface area contributed by atoms with Crippen molar-refractivity contribution in [3.8, 4) is 0 Å². The van der Waals surface area contributed by atoms with E-state index >= 15 is 0 Å². The topological polar surface area (TPSA) is 66.2 Å². The Morgan fingerprint density at radius 1 is 1.39 bits per heavy atom. The van der Waals surface area contributed by atoms with Crippen LogP contribution < -0.4 is 0 Å². The minimum absolute atomic E-state index is 0.344. The van der Waals surface area contributed by atoms with Crippen molar-refractivity contribution in [2.45, 2.75) is 39.7 Å². The zero-order chi connectivity index (χ0) is 13.4. The van der Waals surface area contributed by atoms with Gasteiger partial charge in [0, 0.05) is 20.3 Å². The monoisotopic (exact) mass is 255 g/mol. The van der Waals surface area contributed by atoms with Crippen molar-refractivity contribution in [3.63, 3.8) is 0 Å². The molecule has 0 spiro atoms. The van der Waals surface area contributed by atoms with Gasteiger partial charge in [-0.1, -0.05) is 18.6 Å². The van der Waals surface area contributed by atoms with Crippen molar-refractivity contribution >= 4 is 5.97 Å². The van der Waals surface area contributed by atoms with Gasteiger partial charge in [0.15, 0.2) is 5.69 Å². The Kier molecular flexibility index (Phi) is 6.35. The zero-order valence-corrected chi connectivity index (χ0v) is 11.3. The first-order valence-corrected chi connectivity index (χ1v) is 6.33. The van der Waals surface area contributed by atoms with Gasteiger partial charge in [0.1, 0.15) is 0 Å². The second kappa shape index (κ2) is 7.81. The highest BCUT2D eigenvalue weighted by Crippen LogP contribution is 2.10. The lowest BCUT2D eigenvalue weighted by atomic mass is 10.2. The van der Waals surface area contributed by atoms with Gasteiger partial charge in [-0.15, -0.1) is 5.10 Å². The lowest BCUT2D eigenvalue weighted by Gasteiger charge is -2.06. The molecule has 0 saturated heterocycles. The number of carbonyl (C=O) groups is 1. The maximum atomic E-state index is 11.7. The Hall–Kier alpha value is -1.43. The van der Waals surface area contributed by atoms with Crippen LogP contribution in [0.1, 0.15) is 42.9 Å². The predicted molar refractivity (Wildman–Crippen MR) is 66.5 cm³/mol. The molecule has 0 aliphatic rings. The average molecular weight is 255 g/mol. The van der Waals surface area contributed by atoms with Crippen LogP contribution in [0.25, 0.3) is 0 Å². The molecule has 0 fully saturated rings. The summed E-state index contributed by atoms with van der Waals surface area (Å²) < 4.78 is 11.8. The highest BCUT2D eigenvalue weighted by Gasteiger charge is 2.19. The smallest absolute Gasteiger partial charge is 0.360 e. The summed E-state index contributed by atoms with van der Waals surface area (Å²) in [6.07, 6.45) is 2.55. The van der Waals surface area contributed by atoms with Crippen LogP contribution in [0.5, 0.6) is 0 Å². The fourth-order valence-electron chi connectivity index (χ4n) is 1.71. The SMILES string of the molecule is CCCc1c(C(=O)OCC)nnn1CCCOC. The highest BCUT2D eigenvalue weighted by atomic mass is 16.5. The molecule has 1 rings (SSSR count). The maximum absolute atomic E-state index is 11.7. The summed E-state index contributed by atoms with van der Waals surface area (Å²) in [6, 6.07) is 0. The van der Waals surface area contributed by atoms with Crippen LogP contribution in [-0.4, -0.2) is 41.3 Å². The molecule has 0 unspecified atom stereocenters. The Morgan fingerprint density at radius 3 is 2.78 bits per heavy atom. The fourth-order valence-corrected chi connectivity index (χ4v) is 1.71. The van der Waals surface area contributed by atoms with Crippen LogP contribution in [0.4, 0.5) is 0 Å². The molecular weight excluding hydrogens is 234 g/mol. The molecular formula is C12H21N3O3. The lowest BCUT2D eigenvalue weighted by molar-refractivity contribution is 0.0518. The van der Waals surface area contributed by atoms with Gasteiger partial charge < -0.3 is 9.47 Å². The van der Waals surface area contributed by atoms with E-state index in [1.54, 1.807) is 18.7 Å². The molecule has 1 aromatic rings. The molecule has 0 bridgehead atoms. The number of nitrogens with zero attached hydrogens (tertiary/aromatic N) is 3. The van der Waals surface area contributed by atoms with E-state index in [1.165, 1.54) is 0 Å². The van der Waals surface area contributed by atoms with Crippen molar-refractivity contribution in [3.05, 3.63) is 11.4 Å². The standard InChI is InChI=1S/C12H21N3O3/c1-4-7-10-11(12(16)18-5-2)13-14-15(10)8-6-9-17-3/h4-9H2,1-3H3. The number of hydrogen-bond acceptors (Lipinski definition) is 5. The van der Waals surface area contributed by atoms with Crippen molar-refractivity contribution in [1.82, 2.24) is 15.0 Å². The first kappa shape index (κ1) is 14.6. The Bertz CT molecular complexity index is 377. The van der Waals surface area contributed by atoms with E-state index in [2.05, 4.69) is 17.2 Å². The molecule has 0 atom stereocenters. The van der Waals surface area contributed by atoms with Crippen molar-refractivity contribution in [1.29, 1.82) is 0 Å². The molecule has 1 heterocycles. The van der Waals surface area contributed by atoms with Gasteiger partial charge in [-0.2, -0.15) is 0 Å². The lowest BCUT2D eigenvalue weighted by Crippen LogP contribution is -2.12. The molecule has 6 heteroatoms. The minimum atomic E-state index is -0.390. The summed E-state index contributed by atoms with van der Waals surface area (Å²) in [4.78, 5) is 11.7. The van der Waals surface area contributed by atoms with E-state index in [9.17, 15) is 4.79 Å². The van der Waals surface area contributed by atoms with Crippen molar-refractivity contribution < 1.29 is 14.3 Å². The number of aromatic nitrogens is 3. The molecule has 0 saturated carbocycles. The predicted octanol–water partition coefficient (Wildman–Crippen LogP) is 1.44. The first-order chi connectivity index (χ1) is 8.74. The van der Waals surface area contributed by atoms with Gasteiger partial charge >= 0.3 is 5.97 Å². The first-order valence-electron chi connectivity index (χ1n) is 6.33. The van der Waals surface area contributed by atoms with Gasteiger partial charge in [0.05, 0.1) is 12.3 Å². The average Bonchev–Trinajstić information content (AvgIpc) is 2.74. The Morgan fingerprint density at radius 2 is 2.17 bits per heavy atom. The zero-order valence-electron chi connectivity index (χ0n) is 11.3. The molecule has 102 valence electrons. The van der Waals surface area contributed by atoms with Crippen LogP contribution in [0.15, 0.2) is 0 Å². The Labute approximate surface area is 107 Å². The second-order valence-corrected chi connectivity index (χ2v) is 3.92. The molecule has 1 aromatic heterocycles. The molecule has 0 radical (unpaired) electrons. The third-order valence-electron chi connectivity index (χ3n) is 2.51. The van der Waals surface area contributed by atoms with Crippen molar-refractivity contribution in [2.75, 3.05) is 20.3 Å². The van der Waals surface area contributed by atoms with Crippen LogP contribution in [-0.2, 0) is 22.4 Å². The number of aryl methyl sites for hydroxylation is 1. The van der Waals surface area contributed by atoms with Crippen LogP contribution in [0, 0.1) is 0 Å². The van der Waals surface area contributed by atoms with Gasteiger partial charge in [0.25, 0.3) is 0 Å². The van der Waals surface area contributed by atoms with Crippen LogP contribution in [0.3, 0.4) is 0 Å². The highest BCUT2D eigenvalue weighted by molar-refractivity contribution is 5.88. The largest absolute Gasteiger partial charge is 0.461 e. The normalized spacial score (nSPS) is 10.6. The summed E-state index contributed by atoms with van der Waals surface area (Å²) in [5.74, 6) is -0.390. The molecule has 0 amide bonds. The van der Waals surface area contributed by atoms with E-state index in [-0.39, 0.29) is 5.97 Å². The minimum Gasteiger partial charge on any atom is -0.461 e. The van der Waals surface area contributed by atoms with E-state index in [0.29, 0.717) is 25.5 Å². The molecule has 0 aliphatic carbocycles. The number of esters is 1. The van der Waals surface area contributed by atoms with Gasteiger partial charge in [-0.05, 0) is 19.8 Å². The third-order valence-corrected chi connectivity index (χ3v) is 2.51. The van der Waals surface area contributed by atoms with E-state index in [1.807, 2.05) is 0 Å². The number of rotatable bonds is 8. The molecule has 0 aromatic carbocycles. The summed E-state index contributed by atoms with van der Waals surface area (Å²) in [6.45, 7) is 5.55. The number of hydrogen-bond donors (Lipinski definition) is 0. The quantitative estimate of drug-likeness (QED) is 0.519. The Balaban J connectivity index is 2.81. The van der Waals surface area contributed by atoms with Crippen molar-refractivity contribution in [2.24, 2.45) is 0 Å². The van der Waals surface area contributed by atoms with Crippen LogP contribution >= 0.6 is 0 Å². The fraction of sp³-hybridized carbons (Fsp3) is 0.750. The summed E-state index contributed by atoms with van der Waals surface area (Å²) in [7, 11) is 1.67. The van der Waals surface area contributed by atoms with Gasteiger partial charge in [0.2, 0.25) is 0 Å². The van der Waals surface area contributed by atoms with Crippen LogP contribution in [0.2, 0.25) is 0 Å². The van der Waals surface area contributed by atoms with Gasteiger partial charge in [-0.25, -0.2) is 9.48 Å². The third kappa shape index (κ3) is 3.80.